The van der Waals surface area contributed by atoms with E-state index in [1.165, 1.54) is 18.0 Å². The van der Waals surface area contributed by atoms with E-state index in [2.05, 4.69) is 5.16 Å². The summed E-state index contributed by atoms with van der Waals surface area (Å²) < 4.78 is 5.05. The molecule has 0 unspecified atom stereocenters. The highest BCUT2D eigenvalue weighted by Gasteiger charge is 2.07. The molecule has 4 nitrogen and oxygen atoms in total. The van der Waals surface area contributed by atoms with Gasteiger partial charge in [-0.2, -0.15) is 0 Å². The summed E-state index contributed by atoms with van der Waals surface area (Å²) in [6.45, 7) is 1.57. The second kappa shape index (κ2) is 6.96. The Labute approximate surface area is 121 Å². The van der Waals surface area contributed by atoms with Crippen molar-refractivity contribution < 1.29 is 14.4 Å². The number of aromatic nitrogens is 1. The molecule has 0 atom stereocenters. The van der Waals surface area contributed by atoms with Crippen LogP contribution in [-0.2, 0) is 4.79 Å². The first-order valence-corrected chi connectivity index (χ1v) is 7.19. The summed E-state index contributed by atoms with van der Waals surface area (Å²) in [5, 5.41) is 13.6. The van der Waals surface area contributed by atoms with Crippen LogP contribution >= 0.6 is 11.8 Å². The summed E-state index contributed by atoms with van der Waals surface area (Å²) in [7, 11) is 0. The molecule has 5 heteroatoms. The molecular formula is C15H15NO3S. The summed E-state index contributed by atoms with van der Waals surface area (Å²) >= 11 is 1.32. The molecule has 1 N–H and O–H groups in total. The van der Waals surface area contributed by atoms with Crippen LogP contribution in [0.1, 0.15) is 18.9 Å². The van der Waals surface area contributed by atoms with E-state index in [0.717, 1.165) is 17.7 Å². The quantitative estimate of drug-likeness (QED) is 0.850. The lowest BCUT2D eigenvalue weighted by atomic mass is 10.1. The van der Waals surface area contributed by atoms with Crippen LogP contribution in [-0.4, -0.2) is 21.1 Å². The SMILES string of the molecule is CC(=O)SCCC=Cc1ccc(O)c(-c2ccno2)c1. The maximum absolute atomic E-state index is 10.8. The Kier molecular flexibility index (Phi) is 5.01. The minimum atomic E-state index is 0.135. The van der Waals surface area contributed by atoms with E-state index < -0.39 is 0 Å². The summed E-state index contributed by atoms with van der Waals surface area (Å²) in [5.41, 5.74) is 1.57. The van der Waals surface area contributed by atoms with Gasteiger partial charge in [-0.25, -0.2) is 0 Å². The number of aromatic hydroxyl groups is 1. The highest BCUT2D eigenvalue weighted by Crippen LogP contribution is 2.30. The maximum atomic E-state index is 10.8. The molecule has 0 fully saturated rings. The van der Waals surface area contributed by atoms with Gasteiger partial charge in [0.2, 0.25) is 0 Å². The third kappa shape index (κ3) is 3.99. The monoisotopic (exact) mass is 289 g/mol. The van der Waals surface area contributed by atoms with Crippen LogP contribution in [0.2, 0.25) is 0 Å². The fourth-order valence-electron chi connectivity index (χ4n) is 1.70. The predicted octanol–water partition coefficient (Wildman–Crippen LogP) is 3.73. The van der Waals surface area contributed by atoms with E-state index in [0.29, 0.717) is 11.3 Å². The van der Waals surface area contributed by atoms with Crippen molar-refractivity contribution in [2.24, 2.45) is 0 Å². The van der Waals surface area contributed by atoms with Crippen LogP contribution in [0.25, 0.3) is 17.4 Å². The van der Waals surface area contributed by atoms with Gasteiger partial charge in [0.25, 0.3) is 0 Å². The topological polar surface area (TPSA) is 63.3 Å². The third-order valence-corrected chi connectivity index (χ3v) is 3.47. The summed E-state index contributed by atoms with van der Waals surface area (Å²) in [4.78, 5) is 10.8. The number of carbonyl (C=O) groups excluding carboxylic acids is 1. The number of thioether (sulfide) groups is 1. The number of hydrogen-bond donors (Lipinski definition) is 1. The number of nitrogens with zero attached hydrogens (tertiary/aromatic N) is 1. The van der Waals surface area contributed by atoms with Crippen LogP contribution in [0, 0.1) is 0 Å². The highest BCUT2D eigenvalue weighted by atomic mass is 32.2. The molecule has 1 aromatic carbocycles. The first kappa shape index (κ1) is 14.4. The number of rotatable bonds is 5. The van der Waals surface area contributed by atoms with Crippen molar-refractivity contribution in [3.8, 4) is 17.1 Å². The zero-order chi connectivity index (χ0) is 14.4. The van der Waals surface area contributed by atoms with Crippen LogP contribution in [0.15, 0.2) is 41.1 Å². The van der Waals surface area contributed by atoms with Crippen molar-refractivity contribution in [3.63, 3.8) is 0 Å². The van der Waals surface area contributed by atoms with Crippen molar-refractivity contribution in [2.45, 2.75) is 13.3 Å². The van der Waals surface area contributed by atoms with Gasteiger partial charge in [0.1, 0.15) is 5.75 Å². The number of phenolic OH excluding ortho intramolecular Hbond substituents is 1. The lowest BCUT2D eigenvalue weighted by Gasteiger charge is -2.02. The van der Waals surface area contributed by atoms with Gasteiger partial charge in [-0.1, -0.05) is 35.1 Å². The van der Waals surface area contributed by atoms with Crippen molar-refractivity contribution >= 4 is 23.0 Å². The Balaban J connectivity index is 2.04. The Morgan fingerprint density at radius 2 is 2.30 bits per heavy atom. The molecule has 0 spiro atoms. The lowest BCUT2D eigenvalue weighted by Crippen LogP contribution is -1.84. The number of carbonyl (C=O) groups is 1. The Bertz CT molecular complexity index is 606. The highest BCUT2D eigenvalue weighted by molar-refractivity contribution is 8.13. The van der Waals surface area contributed by atoms with E-state index in [4.69, 9.17) is 4.52 Å². The minimum absolute atomic E-state index is 0.135. The van der Waals surface area contributed by atoms with Gasteiger partial charge in [0.05, 0.1) is 11.8 Å². The summed E-state index contributed by atoms with van der Waals surface area (Å²) in [5.74, 6) is 1.47. The van der Waals surface area contributed by atoms with Crippen LogP contribution in [0.5, 0.6) is 5.75 Å². The van der Waals surface area contributed by atoms with Gasteiger partial charge >= 0.3 is 0 Å². The first-order chi connectivity index (χ1) is 9.66. The molecule has 0 bridgehead atoms. The minimum Gasteiger partial charge on any atom is -0.507 e. The zero-order valence-electron chi connectivity index (χ0n) is 11.1. The van der Waals surface area contributed by atoms with Crippen molar-refractivity contribution in [2.75, 3.05) is 5.75 Å². The number of phenols is 1. The lowest BCUT2D eigenvalue weighted by molar-refractivity contribution is -0.109. The number of hydrogen-bond acceptors (Lipinski definition) is 5. The molecule has 0 saturated carbocycles. The molecule has 0 saturated heterocycles. The van der Waals surface area contributed by atoms with Crippen molar-refractivity contribution in [1.82, 2.24) is 5.16 Å². The first-order valence-electron chi connectivity index (χ1n) is 6.21. The molecule has 1 aromatic heterocycles. The van der Waals surface area contributed by atoms with Gasteiger partial charge in [-0.15, -0.1) is 0 Å². The smallest absolute Gasteiger partial charge is 0.185 e. The Hall–Kier alpha value is -2.01. The molecule has 1 heterocycles. The molecule has 0 aliphatic carbocycles. The van der Waals surface area contributed by atoms with Crippen LogP contribution in [0.3, 0.4) is 0 Å². The van der Waals surface area contributed by atoms with E-state index in [9.17, 15) is 9.90 Å². The fraction of sp³-hybridized carbons (Fsp3) is 0.200. The Morgan fingerprint density at radius 1 is 1.45 bits per heavy atom. The van der Waals surface area contributed by atoms with Crippen LogP contribution in [0.4, 0.5) is 0 Å². The normalized spacial score (nSPS) is 11.1. The van der Waals surface area contributed by atoms with Crippen molar-refractivity contribution in [3.05, 3.63) is 42.1 Å². The van der Waals surface area contributed by atoms with E-state index in [1.807, 2.05) is 24.3 Å². The Morgan fingerprint density at radius 3 is 3.00 bits per heavy atom. The maximum Gasteiger partial charge on any atom is 0.185 e. The predicted molar refractivity (Wildman–Crippen MR) is 80.4 cm³/mol. The second-order valence-electron chi connectivity index (χ2n) is 4.18. The van der Waals surface area contributed by atoms with Crippen molar-refractivity contribution in [1.29, 1.82) is 0 Å². The van der Waals surface area contributed by atoms with Gasteiger partial charge in [0, 0.05) is 18.7 Å². The fourth-order valence-corrected chi connectivity index (χ4v) is 2.24. The number of benzene rings is 1. The molecule has 104 valence electrons. The molecular weight excluding hydrogens is 274 g/mol. The van der Waals surface area contributed by atoms with Crippen LogP contribution < -0.4 is 0 Å². The van der Waals surface area contributed by atoms with Gasteiger partial charge in [-0.3, -0.25) is 4.79 Å². The standard InChI is InChI=1S/C15H15NO3S/c1-11(17)20-9-3-2-4-12-5-6-14(18)13(10-12)15-7-8-16-19-15/h2,4-8,10,18H,3,9H2,1H3. The van der Waals surface area contributed by atoms with Gasteiger partial charge < -0.3 is 9.63 Å². The number of allylic oxidation sites excluding steroid dienone is 1. The summed E-state index contributed by atoms with van der Waals surface area (Å²) in [6.07, 6.45) is 6.32. The average Bonchev–Trinajstić information content (AvgIpc) is 2.93. The van der Waals surface area contributed by atoms with Gasteiger partial charge in [-0.05, 0) is 24.1 Å². The average molecular weight is 289 g/mol. The second-order valence-corrected chi connectivity index (χ2v) is 5.46. The molecule has 2 rings (SSSR count). The zero-order valence-corrected chi connectivity index (χ0v) is 11.9. The molecule has 0 amide bonds. The van der Waals surface area contributed by atoms with E-state index in [1.54, 1.807) is 19.1 Å². The van der Waals surface area contributed by atoms with E-state index >= 15 is 0 Å². The summed E-state index contributed by atoms with van der Waals surface area (Å²) in [6, 6.07) is 6.99. The molecule has 0 aliphatic heterocycles. The molecule has 20 heavy (non-hydrogen) atoms. The third-order valence-electron chi connectivity index (χ3n) is 2.62. The largest absolute Gasteiger partial charge is 0.507 e. The van der Waals surface area contributed by atoms with Gasteiger partial charge in [0.15, 0.2) is 10.9 Å². The molecule has 0 aliphatic rings. The molecule has 2 aromatic rings. The molecule has 0 radical (unpaired) electrons. The van der Waals surface area contributed by atoms with E-state index in [-0.39, 0.29) is 10.9 Å².